The van der Waals surface area contributed by atoms with Gasteiger partial charge in [-0.1, -0.05) is 25.1 Å². The largest absolute Gasteiger partial charge is 0.357 e. The quantitative estimate of drug-likeness (QED) is 0.768. The van der Waals surface area contributed by atoms with E-state index in [4.69, 9.17) is 0 Å². The second kappa shape index (κ2) is 10.0. The Morgan fingerprint density at radius 2 is 1.83 bits per heavy atom. The minimum atomic E-state index is -0.0958. The summed E-state index contributed by atoms with van der Waals surface area (Å²) in [5.74, 6) is 1.65. The Labute approximate surface area is 172 Å². The Kier molecular flexibility index (Phi) is 7.22. The number of piperidine rings is 1. The molecule has 1 aromatic heterocycles. The first-order chi connectivity index (χ1) is 14.0. The van der Waals surface area contributed by atoms with Crippen LogP contribution < -0.4 is 15.1 Å². The average molecular weight is 395 g/mol. The fraction of sp³-hybridized carbons (Fsp3) is 0.435. The van der Waals surface area contributed by atoms with E-state index in [1.807, 2.05) is 42.5 Å². The molecule has 0 spiro atoms. The van der Waals surface area contributed by atoms with Gasteiger partial charge >= 0.3 is 0 Å². The molecule has 0 radical (unpaired) electrons. The summed E-state index contributed by atoms with van der Waals surface area (Å²) < 4.78 is 0. The van der Waals surface area contributed by atoms with Gasteiger partial charge in [0.15, 0.2) is 0 Å². The molecule has 154 valence electrons. The fourth-order valence-corrected chi connectivity index (χ4v) is 3.47. The number of hydrogen-bond acceptors (Lipinski definition) is 4. The standard InChI is InChI=1S/C23H30N4O2/c1-18-13-15-27(16-14-18)21-12-11-19(17-24-21)25-22(28)9-6-10-23(29)26(2)20-7-4-3-5-8-20/h3-5,7-8,11-12,17-18H,6,9-10,13-16H2,1-2H3,(H,25,28). The number of para-hydroxylation sites is 1. The minimum absolute atomic E-state index is 0.00543. The monoisotopic (exact) mass is 394 g/mol. The van der Waals surface area contributed by atoms with Crippen LogP contribution in [0.1, 0.15) is 39.0 Å². The molecule has 2 amide bonds. The summed E-state index contributed by atoms with van der Waals surface area (Å²) >= 11 is 0. The maximum absolute atomic E-state index is 12.3. The van der Waals surface area contributed by atoms with Gasteiger partial charge in [0.25, 0.3) is 0 Å². The van der Waals surface area contributed by atoms with Gasteiger partial charge in [-0.2, -0.15) is 0 Å². The molecule has 3 rings (SSSR count). The first-order valence-electron chi connectivity index (χ1n) is 10.4. The van der Waals surface area contributed by atoms with Crippen LogP contribution >= 0.6 is 0 Å². The van der Waals surface area contributed by atoms with Crippen LogP contribution in [0.3, 0.4) is 0 Å². The number of nitrogens with zero attached hydrogens (tertiary/aromatic N) is 3. The van der Waals surface area contributed by atoms with E-state index in [0.717, 1.165) is 30.5 Å². The lowest BCUT2D eigenvalue weighted by Crippen LogP contribution is -2.33. The third-order valence-electron chi connectivity index (χ3n) is 5.45. The molecule has 0 bridgehead atoms. The number of anilines is 3. The molecule has 2 heterocycles. The Morgan fingerprint density at radius 3 is 2.48 bits per heavy atom. The van der Waals surface area contributed by atoms with E-state index in [2.05, 4.69) is 22.1 Å². The van der Waals surface area contributed by atoms with Gasteiger partial charge in [0.2, 0.25) is 11.8 Å². The lowest BCUT2D eigenvalue weighted by atomic mass is 9.99. The maximum Gasteiger partial charge on any atom is 0.226 e. The number of carbonyl (C=O) groups is 2. The molecule has 0 unspecified atom stereocenters. The Bertz CT molecular complexity index is 799. The Balaban J connectivity index is 1.41. The summed E-state index contributed by atoms with van der Waals surface area (Å²) in [6.45, 7) is 4.35. The molecule has 2 aromatic rings. The number of nitrogens with one attached hydrogen (secondary N) is 1. The van der Waals surface area contributed by atoms with Crippen LogP contribution in [0.25, 0.3) is 0 Å². The highest BCUT2D eigenvalue weighted by Crippen LogP contribution is 2.22. The number of amides is 2. The van der Waals surface area contributed by atoms with Gasteiger partial charge < -0.3 is 15.1 Å². The number of benzene rings is 1. The molecule has 1 saturated heterocycles. The summed E-state index contributed by atoms with van der Waals surface area (Å²) in [6.07, 6.45) is 5.25. The SMILES string of the molecule is CC1CCN(c2ccc(NC(=O)CCCC(=O)N(C)c3ccccc3)cn2)CC1. The summed E-state index contributed by atoms with van der Waals surface area (Å²) in [5.41, 5.74) is 1.55. The average Bonchev–Trinajstić information content (AvgIpc) is 2.75. The molecule has 6 heteroatoms. The number of rotatable bonds is 7. The van der Waals surface area contributed by atoms with Gasteiger partial charge in [0.1, 0.15) is 5.82 Å². The minimum Gasteiger partial charge on any atom is -0.357 e. The summed E-state index contributed by atoms with van der Waals surface area (Å²) in [7, 11) is 1.76. The fourth-order valence-electron chi connectivity index (χ4n) is 3.47. The molecular weight excluding hydrogens is 364 g/mol. The van der Waals surface area contributed by atoms with Crippen LogP contribution in [0.4, 0.5) is 17.2 Å². The van der Waals surface area contributed by atoms with Crippen LogP contribution in [-0.2, 0) is 9.59 Å². The zero-order valence-corrected chi connectivity index (χ0v) is 17.3. The van der Waals surface area contributed by atoms with Crippen molar-refractivity contribution in [3.05, 3.63) is 48.7 Å². The highest BCUT2D eigenvalue weighted by Gasteiger charge is 2.17. The molecule has 1 N–H and O–H groups in total. The molecule has 1 aromatic carbocycles. The van der Waals surface area contributed by atoms with E-state index in [1.165, 1.54) is 12.8 Å². The number of pyridine rings is 1. The van der Waals surface area contributed by atoms with Crippen molar-refractivity contribution in [1.82, 2.24) is 4.98 Å². The Hall–Kier alpha value is -2.89. The molecule has 6 nitrogen and oxygen atoms in total. The first kappa shape index (κ1) is 20.8. The van der Waals surface area contributed by atoms with E-state index < -0.39 is 0 Å². The normalized spacial score (nSPS) is 14.5. The zero-order valence-electron chi connectivity index (χ0n) is 17.3. The van der Waals surface area contributed by atoms with E-state index in [1.54, 1.807) is 18.1 Å². The predicted molar refractivity (Wildman–Crippen MR) is 117 cm³/mol. The van der Waals surface area contributed by atoms with E-state index in [-0.39, 0.29) is 11.8 Å². The highest BCUT2D eigenvalue weighted by molar-refractivity contribution is 5.94. The second-order valence-electron chi connectivity index (χ2n) is 7.76. The molecule has 0 saturated carbocycles. The maximum atomic E-state index is 12.3. The van der Waals surface area contributed by atoms with Gasteiger partial charge in [-0.05, 0) is 49.4 Å². The van der Waals surface area contributed by atoms with Crippen molar-refractivity contribution in [2.75, 3.05) is 35.3 Å². The van der Waals surface area contributed by atoms with Crippen molar-refractivity contribution in [3.8, 4) is 0 Å². The molecular formula is C23H30N4O2. The van der Waals surface area contributed by atoms with E-state index >= 15 is 0 Å². The van der Waals surface area contributed by atoms with Gasteiger partial charge in [-0.3, -0.25) is 9.59 Å². The van der Waals surface area contributed by atoms with Crippen molar-refractivity contribution in [2.24, 2.45) is 5.92 Å². The Morgan fingerprint density at radius 1 is 1.10 bits per heavy atom. The van der Waals surface area contributed by atoms with Crippen LogP contribution in [0, 0.1) is 5.92 Å². The predicted octanol–water partition coefficient (Wildman–Crippen LogP) is 4.09. The third kappa shape index (κ3) is 6.04. The molecule has 0 atom stereocenters. The zero-order chi connectivity index (χ0) is 20.6. The van der Waals surface area contributed by atoms with Crippen molar-refractivity contribution < 1.29 is 9.59 Å². The molecule has 29 heavy (non-hydrogen) atoms. The number of carbonyl (C=O) groups excluding carboxylic acids is 2. The van der Waals surface area contributed by atoms with Crippen LogP contribution in [0.5, 0.6) is 0 Å². The smallest absolute Gasteiger partial charge is 0.226 e. The third-order valence-corrected chi connectivity index (χ3v) is 5.45. The topological polar surface area (TPSA) is 65.5 Å². The summed E-state index contributed by atoms with van der Waals surface area (Å²) in [6, 6.07) is 13.4. The lowest BCUT2D eigenvalue weighted by Gasteiger charge is -2.31. The second-order valence-corrected chi connectivity index (χ2v) is 7.76. The number of aromatic nitrogens is 1. The summed E-state index contributed by atoms with van der Waals surface area (Å²) in [5, 5.41) is 2.87. The van der Waals surface area contributed by atoms with Crippen molar-refractivity contribution in [1.29, 1.82) is 0 Å². The van der Waals surface area contributed by atoms with Crippen LogP contribution in [0.2, 0.25) is 0 Å². The number of hydrogen-bond donors (Lipinski definition) is 1. The van der Waals surface area contributed by atoms with Gasteiger partial charge in [-0.25, -0.2) is 4.98 Å². The van der Waals surface area contributed by atoms with Gasteiger partial charge in [-0.15, -0.1) is 0 Å². The first-order valence-corrected chi connectivity index (χ1v) is 10.4. The molecule has 1 aliphatic rings. The van der Waals surface area contributed by atoms with Gasteiger partial charge in [0, 0.05) is 38.7 Å². The van der Waals surface area contributed by atoms with Crippen molar-refractivity contribution in [2.45, 2.75) is 39.0 Å². The van der Waals surface area contributed by atoms with Crippen LogP contribution in [0.15, 0.2) is 48.7 Å². The highest BCUT2D eigenvalue weighted by atomic mass is 16.2. The van der Waals surface area contributed by atoms with Crippen molar-refractivity contribution in [3.63, 3.8) is 0 Å². The molecule has 1 fully saturated rings. The summed E-state index contributed by atoms with van der Waals surface area (Å²) in [4.78, 5) is 32.9. The van der Waals surface area contributed by atoms with Gasteiger partial charge in [0.05, 0.1) is 11.9 Å². The lowest BCUT2D eigenvalue weighted by molar-refractivity contribution is -0.118. The molecule has 1 aliphatic heterocycles. The van der Waals surface area contributed by atoms with Crippen molar-refractivity contribution >= 4 is 29.0 Å². The van der Waals surface area contributed by atoms with E-state index in [0.29, 0.717) is 24.9 Å². The van der Waals surface area contributed by atoms with E-state index in [9.17, 15) is 9.59 Å². The van der Waals surface area contributed by atoms with Crippen LogP contribution in [-0.4, -0.2) is 36.9 Å². The molecule has 0 aliphatic carbocycles.